The number of fused-ring (bicyclic) bond motifs is 1. The molecule has 4 rings (SSSR count). The second-order valence-electron chi connectivity index (χ2n) is 10.1. The van der Waals surface area contributed by atoms with E-state index in [4.69, 9.17) is 0 Å². The molecule has 35 heavy (non-hydrogen) atoms. The zero-order valence-corrected chi connectivity index (χ0v) is 21.6. The van der Waals surface area contributed by atoms with Crippen molar-refractivity contribution in [2.24, 2.45) is 23.7 Å². The Morgan fingerprint density at radius 1 is 1.09 bits per heavy atom. The van der Waals surface area contributed by atoms with Gasteiger partial charge in [-0.3, -0.25) is 0 Å². The average Bonchev–Trinajstić information content (AvgIpc) is 3.16. The van der Waals surface area contributed by atoms with Crippen LogP contribution in [-0.4, -0.2) is 23.6 Å². The van der Waals surface area contributed by atoms with Crippen molar-refractivity contribution in [3.63, 3.8) is 0 Å². The summed E-state index contributed by atoms with van der Waals surface area (Å²) in [5.41, 5.74) is 1.80. The molecule has 1 heterocycles. The Kier molecular flexibility index (Phi) is 7.54. The van der Waals surface area contributed by atoms with Gasteiger partial charge in [-0.2, -0.15) is 0 Å². The van der Waals surface area contributed by atoms with Gasteiger partial charge in [-0.25, -0.2) is 12.4 Å². The van der Waals surface area contributed by atoms with Gasteiger partial charge in [0.15, 0.2) is 0 Å². The molecule has 0 spiro atoms. The summed E-state index contributed by atoms with van der Waals surface area (Å²) < 4.78 is 28.9. The predicted octanol–water partition coefficient (Wildman–Crippen LogP) is 6.03. The van der Waals surface area contributed by atoms with Crippen molar-refractivity contribution in [3.05, 3.63) is 78.5 Å². The summed E-state index contributed by atoms with van der Waals surface area (Å²) in [7, 11) is -3.85. The number of hydrogen-bond donors (Lipinski definition) is 1. The van der Waals surface area contributed by atoms with Gasteiger partial charge >= 0.3 is 0 Å². The molecule has 1 fully saturated rings. The minimum absolute atomic E-state index is 0.121. The molecule has 0 radical (unpaired) electrons. The van der Waals surface area contributed by atoms with Gasteiger partial charge in [0.1, 0.15) is 6.10 Å². The summed E-state index contributed by atoms with van der Waals surface area (Å²) in [6.07, 6.45) is 4.55. The Balaban J connectivity index is 1.85. The van der Waals surface area contributed by atoms with Crippen LogP contribution in [0.15, 0.2) is 72.1 Å². The molecule has 2 aromatic carbocycles. The van der Waals surface area contributed by atoms with Crippen LogP contribution in [0.25, 0.3) is 10.9 Å². The Bertz CT molecular complexity index is 1360. The third-order valence-corrected chi connectivity index (χ3v) is 9.13. The maximum Gasteiger partial charge on any atom is 0.268 e. The zero-order chi connectivity index (χ0) is 25.2. The number of aromatic nitrogens is 1. The molecule has 0 bridgehead atoms. The summed E-state index contributed by atoms with van der Waals surface area (Å²) in [4.78, 5) is 0.224. The van der Waals surface area contributed by atoms with Crippen LogP contribution in [0.3, 0.4) is 0 Å². The van der Waals surface area contributed by atoms with Crippen LogP contribution in [0.5, 0.6) is 0 Å². The van der Waals surface area contributed by atoms with Crippen LogP contribution in [0.4, 0.5) is 0 Å². The number of hydrogen-bond acceptors (Lipinski definition) is 3. The fourth-order valence-corrected chi connectivity index (χ4v) is 7.18. The molecule has 4 atom stereocenters. The summed E-state index contributed by atoms with van der Waals surface area (Å²) in [6, 6.07) is 15.9. The number of para-hydroxylation sites is 1. The number of aliphatic hydroxyl groups is 1. The molecule has 0 aliphatic heterocycles. The number of benzene rings is 2. The van der Waals surface area contributed by atoms with Crippen molar-refractivity contribution in [1.82, 2.24) is 3.97 Å². The van der Waals surface area contributed by atoms with Crippen LogP contribution in [0.2, 0.25) is 0 Å². The van der Waals surface area contributed by atoms with E-state index in [-0.39, 0.29) is 10.8 Å². The number of aliphatic hydroxyl groups excluding tert-OH is 1. The van der Waals surface area contributed by atoms with E-state index >= 15 is 0 Å². The molecular weight excluding hydrogens is 454 g/mol. The summed E-state index contributed by atoms with van der Waals surface area (Å²) >= 11 is 0. The molecular formula is C30H35NO3S. The smallest absolute Gasteiger partial charge is 0.268 e. The lowest BCUT2D eigenvalue weighted by Crippen LogP contribution is -2.35. The third kappa shape index (κ3) is 4.96. The first-order valence-electron chi connectivity index (χ1n) is 12.5. The number of allylic oxidation sites excluding steroid dienone is 1. The van der Waals surface area contributed by atoms with E-state index in [1.807, 2.05) is 24.3 Å². The first-order chi connectivity index (χ1) is 16.8. The molecule has 1 aromatic heterocycles. The second-order valence-corrected chi connectivity index (χ2v) is 11.9. The van der Waals surface area contributed by atoms with E-state index in [0.29, 0.717) is 40.9 Å². The molecule has 0 unspecified atom stereocenters. The molecule has 1 saturated carbocycles. The van der Waals surface area contributed by atoms with Gasteiger partial charge in [0.05, 0.1) is 21.7 Å². The van der Waals surface area contributed by atoms with Gasteiger partial charge in [-0.05, 0) is 54.7 Å². The Morgan fingerprint density at radius 3 is 2.46 bits per heavy atom. The molecule has 184 valence electrons. The SMILES string of the molecule is C=CCc1c(C#C[C@@H](O)[C@@H]2C[C@H](C)CC[C@H]2C(C)C)c2ccccc2n1S(=O)(=O)c1ccccc1. The molecule has 0 saturated heterocycles. The molecule has 4 nitrogen and oxygen atoms in total. The lowest BCUT2D eigenvalue weighted by Gasteiger charge is -2.38. The summed E-state index contributed by atoms with van der Waals surface area (Å²) in [5, 5.41) is 12.0. The second kappa shape index (κ2) is 10.4. The topological polar surface area (TPSA) is 59.3 Å². The minimum atomic E-state index is -3.85. The average molecular weight is 490 g/mol. The molecule has 1 aliphatic rings. The van der Waals surface area contributed by atoms with Gasteiger partial charge in [0.25, 0.3) is 10.0 Å². The Labute approximate surface area is 209 Å². The fraction of sp³-hybridized carbons (Fsp3) is 0.400. The molecule has 1 aliphatic carbocycles. The van der Waals surface area contributed by atoms with E-state index in [1.165, 1.54) is 10.4 Å². The van der Waals surface area contributed by atoms with Crippen LogP contribution < -0.4 is 0 Å². The Hall–Kier alpha value is -2.81. The Morgan fingerprint density at radius 2 is 1.77 bits per heavy atom. The fourth-order valence-electron chi connectivity index (χ4n) is 5.59. The number of nitrogens with zero attached hydrogens (tertiary/aromatic N) is 1. The first-order valence-corrected chi connectivity index (χ1v) is 13.9. The van der Waals surface area contributed by atoms with Gasteiger partial charge in [-0.15, -0.1) is 6.58 Å². The molecule has 0 amide bonds. The van der Waals surface area contributed by atoms with Gasteiger partial charge < -0.3 is 5.11 Å². The zero-order valence-electron chi connectivity index (χ0n) is 20.8. The standard InChI is InChI=1S/C30H35NO3S/c1-5-11-28-26(18-19-30(32)27-20-22(4)16-17-24(27)21(2)3)25-14-9-10-15-29(25)31(28)35(33,34)23-12-7-6-8-13-23/h5-10,12-15,21-22,24,27,30,32H,1,11,16-17,20H2,2-4H3/t22-,24+,27-,30-/m1/s1. The van der Waals surface area contributed by atoms with Crippen molar-refractivity contribution in [1.29, 1.82) is 0 Å². The monoisotopic (exact) mass is 489 g/mol. The lowest BCUT2D eigenvalue weighted by atomic mass is 9.68. The third-order valence-electron chi connectivity index (χ3n) is 7.37. The van der Waals surface area contributed by atoms with E-state index in [9.17, 15) is 13.5 Å². The maximum atomic E-state index is 13.7. The van der Waals surface area contributed by atoms with Crippen molar-refractivity contribution in [2.75, 3.05) is 0 Å². The van der Waals surface area contributed by atoms with Crippen LogP contribution >= 0.6 is 0 Å². The highest BCUT2D eigenvalue weighted by molar-refractivity contribution is 7.90. The predicted molar refractivity (Wildman–Crippen MR) is 143 cm³/mol. The first kappa shape index (κ1) is 25.3. The van der Waals surface area contributed by atoms with Gasteiger partial charge in [0.2, 0.25) is 0 Å². The molecule has 5 heteroatoms. The van der Waals surface area contributed by atoms with Crippen molar-refractivity contribution in [2.45, 2.75) is 57.5 Å². The van der Waals surface area contributed by atoms with Crippen molar-refractivity contribution >= 4 is 20.9 Å². The highest BCUT2D eigenvalue weighted by Crippen LogP contribution is 2.40. The summed E-state index contributed by atoms with van der Waals surface area (Å²) in [6.45, 7) is 10.5. The van der Waals surface area contributed by atoms with Crippen LogP contribution in [0, 0.1) is 35.5 Å². The largest absolute Gasteiger partial charge is 0.380 e. The van der Waals surface area contributed by atoms with E-state index in [1.54, 1.807) is 36.4 Å². The van der Waals surface area contributed by atoms with Crippen LogP contribution in [0.1, 0.15) is 51.3 Å². The summed E-state index contributed by atoms with van der Waals surface area (Å²) in [5.74, 6) is 7.96. The highest BCUT2D eigenvalue weighted by Gasteiger charge is 2.34. The molecule has 1 N–H and O–H groups in total. The molecule has 3 aromatic rings. The quantitative estimate of drug-likeness (QED) is 0.340. The highest BCUT2D eigenvalue weighted by atomic mass is 32.2. The van der Waals surface area contributed by atoms with Crippen LogP contribution in [-0.2, 0) is 16.4 Å². The van der Waals surface area contributed by atoms with Crippen molar-refractivity contribution in [3.8, 4) is 11.8 Å². The van der Waals surface area contributed by atoms with Gasteiger partial charge in [0, 0.05) is 11.8 Å². The minimum Gasteiger partial charge on any atom is -0.380 e. The van der Waals surface area contributed by atoms with Gasteiger partial charge in [-0.1, -0.05) is 81.5 Å². The van der Waals surface area contributed by atoms with E-state index in [2.05, 4.69) is 39.2 Å². The lowest BCUT2D eigenvalue weighted by molar-refractivity contribution is 0.0478. The van der Waals surface area contributed by atoms with E-state index < -0.39 is 16.1 Å². The maximum absolute atomic E-state index is 13.7. The van der Waals surface area contributed by atoms with E-state index in [0.717, 1.165) is 18.2 Å². The normalized spacial score (nSPS) is 21.5. The number of rotatable bonds is 6. The van der Waals surface area contributed by atoms with Crippen molar-refractivity contribution < 1.29 is 13.5 Å².